The zero-order valence-corrected chi connectivity index (χ0v) is 10.2. The van der Waals surface area contributed by atoms with E-state index in [9.17, 15) is 0 Å². The van der Waals surface area contributed by atoms with Crippen LogP contribution in [0.15, 0.2) is 24.3 Å². The zero-order chi connectivity index (χ0) is 11.3. The number of hydrogen-bond donors (Lipinski definition) is 1. The normalized spacial score (nSPS) is 13.1. The summed E-state index contributed by atoms with van der Waals surface area (Å²) >= 11 is 5.82. The van der Waals surface area contributed by atoms with Gasteiger partial charge in [-0.3, -0.25) is 0 Å². The highest BCUT2D eigenvalue weighted by atomic mass is 35.5. The van der Waals surface area contributed by atoms with E-state index in [4.69, 9.17) is 17.3 Å². The fraction of sp³-hybridized carbons (Fsp3) is 0.500. The van der Waals surface area contributed by atoms with Crippen LogP contribution in [-0.4, -0.2) is 31.1 Å². The molecule has 0 aliphatic rings. The number of halogens is 1. The van der Waals surface area contributed by atoms with Crippen LogP contribution in [0.5, 0.6) is 0 Å². The van der Waals surface area contributed by atoms with Gasteiger partial charge in [0, 0.05) is 24.2 Å². The van der Waals surface area contributed by atoms with Gasteiger partial charge >= 0.3 is 0 Å². The molecule has 3 heteroatoms. The van der Waals surface area contributed by atoms with Crippen molar-refractivity contribution in [3.63, 3.8) is 0 Å². The molecule has 0 bridgehead atoms. The topological polar surface area (TPSA) is 29.3 Å². The summed E-state index contributed by atoms with van der Waals surface area (Å²) in [6.45, 7) is 4.00. The molecular formula is C12H19ClN2. The van der Waals surface area contributed by atoms with Gasteiger partial charge < -0.3 is 10.6 Å². The smallest absolute Gasteiger partial charge is 0.0406 e. The number of rotatable bonds is 5. The number of hydrogen-bond acceptors (Lipinski definition) is 2. The Labute approximate surface area is 97.0 Å². The molecule has 0 fully saturated rings. The molecule has 1 atom stereocenters. The van der Waals surface area contributed by atoms with Crippen molar-refractivity contribution in [3.8, 4) is 0 Å². The van der Waals surface area contributed by atoms with Gasteiger partial charge in [-0.15, -0.1) is 0 Å². The van der Waals surface area contributed by atoms with Crippen LogP contribution in [0.4, 0.5) is 0 Å². The Bertz CT molecular complexity index is 282. The second-order valence-corrected chi connectivity index (χ2v) is 4.55. The first kappa shape index (κ1) is 12.5. The summed E-state index contributed by atoms with van der Waals surface area (Å²) in [5, 5.41) is 0.794. The molecule has 0 amide bonds. The lowest BCUT2D eigenvalue weighted by molar-refractivity contribution is 0.321. The van der Waals surface area contributed by atoms with Crippen LogP contribution in [0.3, 0.4) is 0 Å². The van der Waals surface area contributed by atoms with Crippen molar-refractivity contribution in [1.29, 1.82) is 0 Å². The number of nitrogens with two attached hydrogens (primary N) is 1. The Morgan fingerprint density at radius 1 is 1.33 bits per heavy atom. The Hall–Kier alpha value is -0.570. The van der Waals surface area contributed by atoms with E-state index in [-0.39, 0.29) is 6.04 Å². The molecule has 0 spiro atoms. The molecule has 15 heavy (non-hydrogen) atoms. The maximum absolute atomic E-state index is 5.82. The Kier molecular flexibility index (Phi) is 5.09. The quantitative estimate of drug-likeness (QED) is 0.834. The highest BCUT2D eigenvalue weighted by molar-refractivity contribution is 6.30. The molecule has 2 nitrogen and oxygen atoms in total. The first-order chi connectivity index (χ1) is 7.08. The fourth-order valence-corrected chi connectivity index (χ4v) is 1.68. The molecule has 2 N–H and O–H groups in total. The van der Waals surface area contributed by atoms with E-state index < -0.39 is 0 Å². The lowest BCUT2D eigenvalue weighted by atomic mass is 10.1. The van der Waals surface area contributed by atoms with E-state index >= 15 is 0 Å². The second-order valence-electron chi connectivity index (χ2n) is 4.12. The van der Waals surface area contributed by atoms with Gasteiger partial charge in [-0.05, 0) is 38.1 Å². The van der Waals surface area contributed by atoms with Gasteiger partial charge in [0.2, 0.25) is 0 Å². The van der Waals surface area contributed by atoms with Crippen LogP contribution in [0.25, 0.3) is 0 Å². The minimum atomic E-state index is 0.236. The molecule has 1 aromatic carbocycles. The zero-order valence-electron chi connectivity index (χ0n) is 9.41. The molecule has 0 saturated heterocycles. The first-order valence-electron chi connectivity index (χ1n) is 5.26. The monoisotopic (exact) mass is 226 g/mol. The molecule has 0 heterocycles. The largest absolute Gasteiger partial charge is 0.327 e. The third-order valence-electron chi connectivity index (χ3n) is 2.30. The van der Waals surface area contributed by atoms with Crippen LogP contribution in [0.2, 0.25) is 5.02 Å². The molecule has 0 radical (unpaired) electrons. The highest BCUT2D eigenvalue weighted by Crippen LogP contribution is 2.10. The first-order valence-corrected chi connectivity index (χ1v) is 5.64. The highest BCUT2D eigenvalue weighted by Gasteiger charge is 2.02. The minimum Gasteiger partial charge on any atom is -0.327 e. The van der Waals surface area contributed by atoms with Gasteiger partial charge in [-0.2, -0.15) is 0 Å². The maximum atomic E-state index is 5.82. The molecule has 1 aromatic rings. The van der Waals surface area contributed by atoms with Crippen molar-refractivity contribution in [2.75, 3.05) is 20.1 Å². The van der Waals surface area contributed by atoms with Crippen molar-refractivity contribution >= 4 is 11.6 Å². The predicted molar refractivity (Wildman–Crippen MR) is 66.3 cm³/mol. The van der Waals surface area contributed by atoms with E-state index in [2.05, 4.69) is 24.1 Å². The molecular weight excluding hydrogens is 208 g/mol. The fourth-order valence-electron chi connectivity index (χ4n) is 1.55. The summed E-state index contributed by atoms with van der Waals surface area (Å²) in [5.74, 6) is 0. The minimum absolute atomic E-state index is 0.236. The van der Waals surface area contributed by atoms with Crippen LogP contribution in [0.1, 0.15) is 12.5 Å². The Balaban J connectivity index is 2.33. The summed E-state index contributed by atoms with van der Waals surface area (Å²) in [4.78, 5) is 2.25. The molecule has 0 aromatic heterocycles. The van der Waals surface area contributed by atoms with Gasteiger partial charge in [0.25, 0.3) is 0 Å². The summed E-state index contributed by atoms with van der Waals surface area (Å²) in [6.07, 6.45) is 1.04. The van der Waals surface area contributed by atoms with Crippen molar-refractivity contribution in [2.24, 2.45) is 5.73 Å². The molecule has 1 rings (SSSR count). The van der Waals surface area contributed by atoms with Gasteiger partial charge in [-0.1, -0.05) is 23.7 Å². The van der Waals surface area contributed by atoms with E-state index in [1.807, 2.05) is 19.1 Å². The Morgan fingerprint density at radius 2 is 1.93 bits per heavy atom. The van der Waals surface area contributed by atoms with Gasteiger partial charge in [0.1, 0.15) is 0 Å². The molecule has 0 aliphatic heterocycles. The van der Waals surface area contributed by atoms with Gasteiger partial charge in [0.15, 0.2) is 0 Å². The predicted octanol–water partition coefficient (Wildman–Crippen LogP) is 2.16. The van der Waals surface area contributed by atoms with Gasteiger partial charge in [0.05, 0.1) is 0 Å². The summed E-state index contributed by atoms with van der Waals surface area (Å²) < 4.78 is 0. The molecule has 1 unspecified atom stereocenters. The summed E-state index contributed by atoms with van der Waals surface area (Å²) in [7, 11) is 2.10. The van der Waals surface area contributed by atoms with E-state index in [1.165, 1.54) is 5.56 Å². The number of likely N-dealkylation sites (N-methyl/N-ethyl adjacent to an activating group) is 1. The second kappa shape index (κ2) is 6.11. The molecule has 0 saturated carbocycles. The third-order valence-corrected chi connectivity index (χ3v) is 2.55. The van der Waals surface area contributed by atoms with Crippen LogP contribution in [-0.2, 0) is 6.42 Å². The molecule has 0 aliphatic carbocycles. The van der Waals surface area contributed by atoms with E-state index in [1.54, 1.807) is 0 Å². The van der Waals surface area contributed by atoms with Crippen molar-refractivity contribution in [2.45, 2.75) is 19.4 Å². The average Bonchev–Trinajstić information content (AvgIpc) is 2.16. The van der Waals surface area contributed by atoms with Crippen molar-refractivity contribution in [3.05, 3.63) is 34.9 Å². The van der Waals surface area contributed by atoms with Gasteiger partial charge in [-0.25, -0.2) is 0 Å². The van der Waals surface area contributed by atoms with Crippen LogP contribution >= 0.6 is 11.6 Å². The lowest BCUT2D eigenvalue weighted by Gasteiger charge is -2.18. The van der Waals surface area contributed by atoms with E-state index in [0.717, 1.165) is 24.5 Å². The van der Waals surface area contributed by atoms with Crippen LogP contribution in [0, 0.1) is 0 Å². The maximum Gasteiger partial charge on any atom is 0.0406 e. The lowest BCUT2D eigenvalue weighted by Crippen LogP contribution is -2.34. The average molecular weight is 227 g/mol. The summed E-state index contributed by atoms with van der Waals surface area (Å²) in [6, 6.07) is 8.25. The third kappa shape index (κ3) is 5.17. The SMILES string of the molecule is CC(N)CN(C)CCc1ccc(Cl)cc1. The number of benzene rings is 1. The van der Waals surface area contributed by atoms with Crippen molar-refractivity contribution in [1.82, 2.24) is 4.90 Å². The van der Waals surface area contributed by atoms with Crippen LogP contribution < -0.4 is 5.73 Å². The standard InChI is InChI=1S/C12H19ClN2/c1-10(14)9-15(2)8-7-11-3-5-12(13)6-4-11/h3-6,10H,7-9,14H2,1-2H3. The Morgan fingerprint density at radius 3 is 2.47 bits per heavy atom. The molecule has 84 valence electrons. The summed E-state index contributed by atoms with van der Waals surface area (Å²) in [5.41, 5.74) is 7.04. The van der Waals surface area contributed by atoms with E-state index in [0.29, 0.717) is 0 Å². The number of nitrogens with zero attached hydrogens (tertiary/aromatic N) is 1. The van der Waals surface area contributed by atoms with Crippen molar-refractivity contribution < 1.29 is 0 Å².